The van der Waals surface area contributed by atoms with Crippen LogP contribution in [0.4, 0.5) is 4.39 Å². The minimum absolute atomic E-state index is 0.356. The van der Waals surface area contributed by atoms with Gasteiger partial charge in [0.05, 0.1) is 10.9 Å². The van der Waals surface area contributed by atoms with Crippen molar-refractivity contribution >= 4 is 22.7 Å². The Bertz CT molecular complexity index is 853. The van der Waals surface area contributed by atoms with E-state index in [1.807, 2.05) is 6.92 Å². The van der Waals surface area contributed by atoms with Crippen LogP contribution in [0.5, 0.6) is 0 Å². The lowest BCUT2D eigenvalue weighted by Gasteiger charge is -2.11. The predicted octanol–water partition coefficient (Wildman–Crippen LogP) is 4.08. The summed E-state index contributed by atoms with van der Waals surface area (Å²) >= 11 is 6.35. The topological polar surface area (TPSA) is 35.1 Å². The van der Waals surface area contributed by atoms with E-state index < -0.39 is 11.1 Å². The van der Waals surface area contributed by atoms with E-state index in [4.69, 9.17) is 16.0 Å². The highest BCUT2D eigenvalue weighted by Gasteiger charge is 2.17. The molecule has 108 valence electrons. The lowest BCUT2D eigenvalue weighted by molar-refractivity contribution is 0.513. The first-order valence-corrected chi connectivity index (χ1v) is 7.07. The highest BCUT2D eigenvalue weighted by Crippen LogP contribution is 2.32. The van der Waals surface area contributed by atoms with Crippen LogP contribution in [0.2, 0.25) is 0 Å². The molecule has 0 aliphatic carbocycles. The lowest BCUT2D eigenvalue weighted by atomic mass is 10.0. The van der Waals surface area contributed by atoms with Crippen LogP contribution in [-0.4, -0.2) is 4.57 Å². The second-order valence-corrected chi connectivity index (χ2v) is 5.16. The standard InChI is InChI=1S/C16H13ClFNO2/c1-2-19-13-8-7-10(9-14(13)21-16(19)20)15(17)11-5-3-4-6-12(11)18/h3-9,15H,2H2,1H3. The van der Waals surface area contributed by atoms with Crippen LogP contribution in [0.15, 0.2) is 51.7 Å². The second-order valence-electron chi connectivity index (χ2n) is 4.72. The Morgan fingerprint density at radius 3 is 2.76 bits per heavy atom. The van der Waals surface area contributed by atoms with Crippen molar-refractivity contribution in [3.63, 3.8) is 0 Å². The zero-order valence-electron chi connectivity index (χ0n) is 11.3. The number of nitrogens with zero attached hydrogens (tertiary/aromatic N) is 1. The smallest absolute Gasteiger partial charge is 0.408 e. The molecular weight excluding hydrogens is 293 g/mol. The summed E-state index contributed by atoms with van der Waals surface area (Å²) in [5.74, 6) is -0.758. The second kappa shape index (κ2) is 5.37. The van der Waals surface area contributed by atoms with E-state index in [1.165, 1.54) is 10.6 Å². The summed E-state index contributed by atoms with van der Waals surface area (Å²) in [7, 11) is 0. The molecule has 0 aliphatic rings. The van der Waals surface area contributed by atoms with Crippen molar-refractivity contribution in [2.75, 3.05) is 0 Å². The molecule has 0 N–H and O–H groups in total. The molecule has 3 aromatic rings. The van der Waals surface area contributed by atoms with Gasteiger partial charge in [-0.3, -0.25) is 4.57 Å². The Hall–Kier alpha value is -2.07. The Balaban J connectivity index is 2.09. The van der Waals surface area contributed by atoms with Gasteiger partial charge in [-0.05, 0) is 30.7 Å². The first kappa shape index (κ1) is 13.9. The molecule has 1 atom stereocenters. The molecule has 0 spiro atoms. The maximum atomic E-state index is 13.8. The summed E-state index contributed by atoms with van der Waals surface area (Å²) in [6.45, 7) is 2.40. The Morgan fingerprint density at radius 1 is 1.29 bits per heavy atom. The van der Waals surface area contributed by atoms with E-state index in [2.05, 4.69) is 0 Å². The summed E-state index contributed by atoms with van der Waals surface area (Å²) in [5, 5.41) is -0.633. The van der Waals surface area contributed by atoms with Crippen LogP contribution < -0.4 is 5.76 Å². The largest absolute Gasteiger partial charge is 0.419 e. The third kappa shape index (κ3) is 2.36. The van der Waals surface area contributed by atoms with E-state index in [-0.39, 0.29) is 5.82 Å². The fourth-order valence-electron chi connectivity index (χ4n) is 2.40. The Morgan fingerprint density at radius 2 is 2.05 bits per heavy atom. The number of rotatable bonds is 3. The summed E-state index contributed by atoms with van der Waals surface area (Å²) in [6, 6.07) is 11.6. The zero-order valence-corrected chi connectivity index (χ0v) is 12.1. The van der Waals surface area contributed by atoms with Gasteiger partial charge in [0.1, 0.15) is 5.82 Å². The summed E-state index contributed by atoms with van der Waals surface area (Å²) in [6.07, 6.45) is 0. The van der Waals surface area contributed by atoms with Crippen LogP contribution in [0.3, 0.4) is 0 Å². The van der Waals surface area contributed by atoms with Crippen molar-refractivity contribution in [1.29, 1.82) is 0 Å². The molecule has 2 aromatic carbocycles. The van der Waals surface area contributed by atoms with Gasteiger partial charge in [-0.2, -0.15) is 0 Å². The molecule has 0 fully saturated rings. The molecule has 5 heteroatoms. The third-order valence-electron chi connectivity index (χ3n) is 3.48. The molecule has 1 aromatic heterocycles. The highest BCUT2D eigenvalue weighted by atomic mass is 35.5. The van der Waals surface area contributed by atoms with Gasteiger partial charge in [-0.1, -0.05) is 24.3 Å². The summed E-state index contributed by atoms with van der Waals surface area (Å²) < 4.78 is 20.5. The average Bonchev–Trinajstić information content (AvgIpc) is 2.81. The van der Waals surface area contributed by atoms with Crippen molar-refractivity contribution in [3.8, 4) is 0 Å². The van der Waals surface area contributed by atoms with Gasteiger partial charge in [0.25, 0.3) is 0 Å². The minimum atomic E-state index is -0.633. The highest BCUT2D eigenvalue weighted by molar-refractivity contribution is 6.22. The maximum absolute atomic E-state index is 13.8. The van der Waals surface area contributed by atoms with E-state index in [1.54, 1.807) is 36.4 Å². The van der Waals surface area contributed by atoms with E-state index in [0.29, 0.717) is 28.8 Å². The number of hydrogen-bond acceptors (Lipinski definition) is 2. The molecule has 3 rings (SSSR count). The molecule has 0 radical (unpaired) electrons. The SMILES string of the molecule is CCn1c(=O)oc2cc(C(Cl)c3ccccc3F)ccc21. The molecule has 0 bridgehead atoms. The lowest BCUT2D eigenvalue weighted by Crippen LogP contribution is -2.11. The molecule has 1 unspecified atom stereocenters. The van der Waals surface area contributed by atoms with Crippen molar-refractivity contribution in [2.24, 2.45) is 0 Å². The average molecular weight is 306 g/mol. The zero-order chi connectivity index (χ0) is 15.0. The number of alkyl halides is 1. The number of oxazole rings is 1. The van der Waals surface area contributed by atoms with Crippen LogP contribution in [0, 0.1) is 5.82 Å². The molecule has 3 nitrogen and oxygen atoms in total. The monoisotopic (exact) mass is 305 g/mol. The van der Waals surface area contributed by atoms with Crippen molar-refractivity contribution < 1.29 is 8.81 Å². The molecule has 21 heavy (non-hydrogen) atoms. The fraction of sp³-hybridized carbons (Fsp3) is 0.188. The maximum Gasteiger partial charge on any atom is 0.419 e. The van der Waals surface area contributed by atoms with E-state index in [0.717, 1.165) is 0 Å². The number of fused-ring (bicyclic) bond motifs is 1. The predicted molar refractivity (Wildman–Crippen MR) is 80.2 cm³/mol. The van der Waals surface area contributed by atoms with Gasteiger partial charge in [-0.25, -0.2) is 9.18 Å². The van der Waals surface area contributed by atoms with Gasteiger partial charge in [-0.15, -0.1) is 11.6 Å². The first-order valence-electron chi connectivity index (χ1n) is 6.63. The van der Waals surface area contributed by atoms with E-state index in [9.17, 15) is 9.18 Å². The third-order valence-corrected chi connectivity index (χ3v) is 3.97. The Labute approximate surface area is 125 Å². The number of benzene rings is 2. The van der Waals surface area contributed by atoms with Crippen LogP contribution in [-0.2, 0) is 6.54 Å². The number of aromatic nitrogens is 1. The van der Waals surface area contributed by atoms with Crippen molar-refractivity contribution in [3.05, 3.63) is 70.0 Å². The number of hydrogen-bond donors (Lipinski definition) is 0. The number of aryl methyl sites for hydroxylation is 1. The van der Waals surface area contributed by atoms with Gasteiger partial charge in [0, 0.05) is 12.1 Å². The van der Waals surface area contributed by atoms with Crippen LogP contribution >= 0.6 is 11.6 Å². The molecule has 1 heterocycles. The van der Waals surface area contributed by atoms with Gasteiger partial charge in [0.2, 0.25) is 0 Å². The molecule has 0 saturated heterocycles. The van der Waals surface area contributed by atoms with Gasteiger partial charge >= 0.3 is 5.76 Å². The summed E-state index contributed by atoms with van der Waals surface area (Å²) in [5.41, 5.74) is 2.26. The Kier molecular flexibility index (Phi) is 3.55. The molecular formula is C16H13ClFNO2. The number of halogens is 2. The molecule has 0 aliphatic heterocycles. The van der Waals surface area contributed by atoms with Crippen LogP contribution in [0.1, 0.15) is 23.4 Å². The normalized spacial score (nSPS) is 12.7. The fourth-order valence-corrected chi connectivity index (χ4v) is 2.71. The van der Waals surface area contributed by atoms with E-state index >= 15 is 0 Å². The first-order chi connectivity index (χ1) is 10.1. The van der Waals surface area contributed by atoms with Crippen molar-refractivity contribution in [2.45, 2.75) is 18.8 Å². The van der Waals surface area contributed by atoms with Crippen LogP contribution in [0.25, 0.3) is 11.1 Å². The van der Waals surface area contributed by atoms with Gasteiger partial charge in [0.15, 0.2) is 5.58 Å². The quantitative estimate of drug-likeness (QED) is 0.683. The van der Waals surface area contributed by atoms with Gasteiger partial charge < -0.3 is 4.42 Å². The molecule has 0 saturated carbocycles. The minimum Gasteiger partial charge on any atom is -0.408 e. The van der Waals surface area contributed by atoms with Crippen molar-refractivity contribution in [1.82, 2.24) is 4.57 Å². The summed E-state index contributed by atoms with van der Waals surface area (Å²) in [4.78, 5) is 11.7. The molecule has 0 amide bonds.